The Kier molecular flexibility index (Phi) is 5.15. The van der Waals surface area contributed by atoms with Crippen LogP contribution in [0.1, 0.15) is 19.8 Å². The van der Waals surface area contributed by atoms with Crippen molar-refractivity contribution in [2.24, 2.45) is 0 Å². The second kappa shape index (κ2) is 6.94. The van der Waals surface area contributed by atoms with Crippen molar-refractivity contribution in [3.63, 3.8) is 0 Å². The summed E-state index contributed by atoms with van der Waals surface area (Å²) in [5.41, 5.74) is 0. The predicted molar refractivity (Wildman–Crippen MR) is 92.1 cm³/mol. The second-order valence-corrected chi connectivity index (χ2v) is 9.41. The van der Waals surface area contributed by atoms with Gasteiger partial charge in [-0.05, 0) is 37.6 Å². The summed E-state index contributed by atoms with van der Waals surface area (Å²) in [6.07, 6.45) is -1.16. The van der Waals surface area contributed by atoms with E-state index in [1.54, 1.807) is 6.92 Å². The molecule has 0 aliphatic carbocycles. The van der Waals surface area contributed by atoms with Crippen LogP contribution in [-0.2, 0) is 10.0 Å². The topological polar surface area (TPSA) is 66.9 Å². The third-order valence-electron chi connectivity index (χ3n) is 4.66. The summed E-state index contributed by atoms with van der Waals surface area (Å²) in [4.78, 5) is 13.2. The number of sulfonamides is 1. The SMILES string of the molecule is C[C@@H]1CCN(C2CN(C(=O)Oc3ccc(Cl)cc3)CC(F)(F)C2)S1(=O)=O. The first kappa shape index (κ1) is 19.3. The zero-order valence-corrected chi connectivity index (χ0v) is 15.6. The molecule has 2 atom stereocenters. The Morgan fingerprint density at radius 1 is 1.31 bits per heavy atom. The number of nitrogens with zero attached hydrogens (tertiary/aromatic N) is 2. The summed E-state index contributed by atoms with van der Waals surface area (Å²) in [6, 6.07) is 4.96. The van der Waals surface area contributed by atoms with E-state index in [1.165, 1.54) is 24.3 Å². The van der Waals surface area contributed by atoms with E-state index in [4.69, 9.17) is 16.3 Å². The fourth-order valence-corrected chi connectivity index (χ4v) is 5.19. The minimum atomic E-state index is -3.62. The van der Waals surface area contributed by atoms with E-state index in [2.05, 4.69) is 0 Å². The zero-order valence-electron chi connectivity index (χ0n) is 14.1. The van der Waals surface area contributed by atoms with Crippen LogP contribution in [0.4, 0.5) is 13.6 Å². The van der Waals surface area contributed by atoms with Crippen molar-refractivity contribution in [3.05, 3.63) is 29.3 Å². The molecule has 1 amide bonds. The summed E-state index contributed by atoms with van der Waals surface area (Å²) in [7, 11) is -3.62. The molecule has 2 aliphatic heterocycles. The normalized spacial score (nSPS) is 28.1. The molecule has 1 aromatic rings. The fourth-order valence-electron chi connectivity index (χ4n) is 3.28. The highest BCUT2D eigenvalue weighted by atomic mass is 35.5. The molecule has 6 nitrogen and oxygen atoms in total. The van der Waals surface area contributed by atoms with E-state index in [0.717, 1.165) is 9.21 Å². The van der Waals surface area contributed by atoms with Gasteiger partial charge in [-0.15, -0.1) is 0 Å². The van der Waals surface area contributed by atoms with Crippen molar-refractivity contribution in [1.29, 1.82) is 0 Å². The lowest BCUT2D eigenvalue weighted by Gasteiger charge is -2.40. The highest BCUT2D eigenvalue weighted by Crippen LogP contribution is 2.34. The number of rotatable bonds is 2. The van der Waals surface area contributed by atoms with Crippen LogP contribution in [0, 0.1) is 0 Å². The Balaban J connectivity index is 1.75. The zero-order chi connectivity index (χ0) is 19.1. The largest absolute Gasteiger partial charge is 0.415 e. The van der Waals surface area contributed by atoms with Crippen LogP contribution < -0.4 is 4.74 Å². The Bertz CT molecular complexity index is 788. The van der Waals surface area contributed by atoms with Gasteiger partial charge in [0, 0.05) is 30.6 Å². The molecule has 2 fully saturated rings. The van der Waals surface area contributed by atoms with Gasteiger partial charge in [-0.2, -0.15) is 4.31 Å². The summed E-state index contributed by atoms with van der Waals surface area (Å²) < 4.78 is 59.2. The van der Waals surface area contributed by atoms with Gasteiger partial charge in [-0.1, -0.05) is 11.6 Å². The Morgan fingerprint density at radius 2 is 1.96 bits per heavy atom. The quantitative estimate of drug-likeness (QED) is 0.754. The number of ether oxygens (including phenoxy) is 1. The van der Waals surface area contributed by atoms with Crippen LogP contribution in [0.3, 0.4) is 0 Å². The lowest BCUT2D eigenvalue weighted by molar-refractivity contribution is -0.0760. The van der Waals surface area contributed by atoms with Gasteiger partial charge in [0.2, 0.25) is 10.0 Å². The molecule has 1 aromatic carbocycles. The number of piperidine rings is 1. The lowest BCUT2D eigenvalue weighted by atomic mass is 10.0. The maximum absolute atomic E-state index is 14.2. The Labute approximate surface area is 155 Å². The average Bonchev–Trinajstić information content (AvgIpc) is 2.81. The second-order valence-electron chi connectivity index (χ2n) is 6.67. The molecule has 0 bridgehead atoms. The molecule has 0 spiro atoms. The van der Waals surface area contributed by atoms with Gasteiger partial charge in [-0.25, -0.2) is 22.0 Å². The van der Waals surface area contributed by atoms with Gasteiger partial charge in [0.1, 0.15) is 5.75 Å². The van der Waals surface area contributed by atoms with Crippen LogP contribution in [-0.4, -0.2) is 60.6 Å². The molecular weight excluding hydrogens is 390 g/mol. The first-order valence-electron chi connectivity index (χ1n) is 8.19. The van der Waals surface area contributed by atoms with E-state index >= 15 is 0 Å². The molecule has 144 valence electrons. The van der Waals surface area contributed by atoms with E-state index in [-0.39, 0.29) is 18.8 Å². The maximum Gasteiger partial charge on any atom is 0.415 e. The summed E-state index contributed by atoms with van der Waals surface area (Å²) in [6.45, 7) is 0.806. The number of halogens is 3. The number of alkyl halides is 2. The van der Waals surface area contributed by atoms with E-state index in [9.17, 15) is 22.0 Å². The lowest BCUT2D eigenvalue weighted by Crippen LogP contribution is -2.57. The van der Waals surface area contributed by atoms with Gasteiger partial charge >= 0.3 is 6.09 Å². The molecule has 2 aliphatic rings. The van der Waals surface area contributed by atoms with Gasteiger partial charge in [-0.3, -0.25) is 0 Å². The third-order valence-corrected chi connectivity index (χ3v) is 7.30. The molecule has 1 unspecified atom stereocenters. The molecule has 10 heteroatoms. The minimum Gasteiger partial charge on any atom is -0.410 e. The fraction of sp³-hybridized carbons (Fsp3) is 0.562. The van der Waals surface area contributed by atoms with Crippen molar-refractivity contribution in [1.82, 2.24) is 9.21 Å². The average molecular weight is 409 g/mol. The van der Waals surface area contributed by atoms with Gasteiger partial charge in [0.25, 0.3) is 5.92 Å². The number of carbonyl (C=O) groups excluding carboxylic acids is 1. The third kappa shape index (κ3) is 3.94. The smallest absolute Gasteiger partial charge is 0.410 e. The molecule has 0 radical (unpaired) electrons. The number of carbonyl (C=O) groups is 1. The number of hydrogen-bond donors (Lipinski definition) is 0. The van der Waals surface area contributed by atoms with Crippen LogP contribution in [0.15, 0.2) is 24.3 Å². The van der Waals surface area contributed by atoms with Crippen molar-refractivity contribution < 1.29 is 26.7 Å². The predicted octanol–water partition coefficient (Wildman–Crippen LogP) is 2.97. The molecule has 3 rings (SSSR count). The number of likely N-dealkylation sites (tertiary alicyclic amines) is 1. The number of benzene rings is 1. The van der Waals surface area contributed by atoms with Crippen molar-refractivity contribution >= 4 is 27.7 Å². The Hall–Kier alpha value is -1.45. The molecule has 2 heterocycles. The van der Waals surface area contributed by atoms with Gasteiger partial charge < -0.3 is 9.64 Å². The monoisotopic (exact) mass is 408 g/mol. The summed E-state index contributed by atoms with van der Waals surface area (Å²) in [5, 5.41) is -0.157. The maximum atomic E-state index is 14.2. The van der Waals surface area contributed by atoms with Crippen molar-refractivity contribution in [3.8, 4) is 5.75 Å². The van der Waals surface area contributed by atoms with Crippen LogP contribution in [0.2, 0.25) is 5.02 Å². The standard InChI is InChI=1S/C16H19ClF2N2O4S/c1-11-6-7-21(26(11,23)24)13-8-16(18,19)10-20(9-13)15(22)25-14-4-2-12(17)3-5-14/h2-5,11,13H,6-10H2,1H3/t11-,13?/m1/s1. The molecule has 0 saturated carbocycles. The summed E-state index contributed by atoms with van der Waals surface area (Å²) in [5.74, 6) is -3.02. The van der Waals surface area contributed by atoms with Crippen molar-refractivity contribution in [2.75, 3.05) is 19.6 Å². The Morgan fingerprint density at radius 3 is 2.54 bits per heavy atom. The highest BCUT2D eigenvalue weighted by molar-refractivity contribution is 7.90. The molecular formula is C16H19ClF2N2O4S. The van der Waals surface area contributed by atoms with E-state index in [0.29, 0.717) is 11.4 Å². The first-order chi connectivity index (χ1) is 12.1. The van der Waals surface area contributed by atoms with Gasteiger partial charge in [0.15, 0.2) is 0 Å². The van der Waals surface area contributed by atoms with E-state index in [1.807, 2.05) is 0 Å². The summed E-state index contributed by atoms with van der Waals surface area (Å²) >= 11 is 5.75. The molecule has 2 saturated heterocycles. The minimum absolute atomic E-state index is 0.131. The van der Waals surface area contributed by atoms with Gasteiger partial charge in [0.05, 0.1) is 11.8 Å². The number of amides is 1. The van der Waals surface area contributed by atoms with E-state index < -0.39 is 46.3 Å². The molecule has 26 heavy (non-hydrogen) atoms. The first-order valence-corrected chi connectivity index (χ1v) is 10.1. The van der Waals surface area contributed by atoms with Crippen molar-refractivity contribution in [2.45, 2.75) is 37.0 Å². The highest BCUT2D eigenvalue weighted by Gasteiger charge is 2.49. The van der Waals surface area contributed by atoms with Crippen LogP contribution in [0.25, 0.3) is 0 Å². The van der Waals surface area contributed by atoms with Crippen LogP contribution >= 0.6 is 11.6 Å². The molecule has 0 aromatic heterocycles. The van der Waals surface area contributed by atoms with Crippen LogP contribution in [0.5, 0.6) is 5.75 Å². The molecule has 0 N–H and O–H groups in total. The number of hydrogen-bond acceptors (Lipinski definition) is 4.